The molecule has 0 amide bonds. The molecule has 0 aliphatic rings. The van der Waals surface area contributed by atoms with E-state index in [9.17, 15) is 4.79 Å². The summed E-state index contributed by atoms with van der Waals surface area (Å²) in [6.07, 6.45) is 0.953. The smallest absolute Gasteiger partial charge is 0.307 e. The number of aliphatic carboxylic acids is 1. The van der Waals surface area contributed by atoms with Crippen molar-refractivity contribution in [1.82, 2.24) is 5.32 Å². The van der Waals surface area contributed by atoms with Crippen LogP contribution in [0.5, 0.6) is 0 Å². The fraction of sp³-hybridized carbons (Fsp3) is 0.583. The molecule has 1 heterocycles. The first-order chi connectivity index (χ1) is 7.50. The molecule has 0 saturated carbocycles. The molecule has 1 aromatic heterocycles. The highest BCUT2D eigenvalue weighted by molar-refractivity contribution is 7.09. The zero-order valence-corrected chi connectivity index (χ0v) is 10.8. The van der Waals surface area contributed by atoms with Gasteiger partial charge in [-0.05, 0) is 31.7 Å². The van der Waals surface area contributed by atoms with E-state index in [1.165, 1.54) is 4.88 Å². The minimum atomic E-state index is -0.747. The lowest BCUT2D eigenvalue weighted by molar-refractivity contribution is -0.142. The molecule has 0 spiro atoms. The highest BCUT2D eigenvalue weighted by atomic mass is 32.1. The van der Waals surface area contributed by atoms with Gasteiger partial charge in [-0.3, -0.25) is 4.79 Å². The van der Waals surface area contributed by atoms with E-state index in [1.54, 1.807) is 18.3 Å². The monoisotopic (exact) mass is 241 g/mol. The number of carboxylic acid groups (broad SMARTS) is 1. The fourth-order valence-corrected chi connectivity index (χ4v) is 2.43. The minimum Gasteiger partial charge on any atom is -0.481 e. The van der Waals surface area contributed by atoms with Crippen LogP contribution in [-0.2, 0) is 11.2 Å². The van der Waals surface area contributed by atoms with Gasteiger partial charge in [0.2, 0.25) is 0 Å². The molecule has 0 aliphatic carbocycles. The minimum absolute atomic E-state index is 0.00698. The number of hydrogen-bond acceptors (Lipinski definition) is 3. The van der Waals surface area contributed by atoms with Crippen LogP contribution in [0.25, 0.3) is 0 Å². The van der Waals surface area contributed by atoms with Gasteiger partial charge in [-0.1, -0.05) is 13.0 Å². The van der Waals surface area contributed by atoms with Crippen LogP contribution in [-0.4, -0.2) is 23.2 Å². The van der Waals surface area contributed by atoms with Gasteiger partial charge in [0.15, 0.2) is 0 Å². The van der Waals surface area contributed by atoms with E-state index in [0.717, 1.165) is 6.42 Å². The topological polar surface area (TPSA) is 49.3 Å². The Kier molecular flexibility index (Phi) is 4.96. The SMILES string of the molecule is CC(Cc1cccs1)NC(C)C(C)C(=O)O. The van der Waals surface area contributed by atoms with E-state index in [1.807, 2.05) is 13.0 Å². The lowest BCUT2D eigenvalue weighted by Gasteiger charge is -2.22. The van der Waals surface area contributed by atoms with E-state index in [4.69, 9.17) is 5.11 Å². The largest absolute Gasteiger partial charge is 0.481 e. The average molecular weight is 241 g/mol. The van der Waals surface area contributed by atoms with E-state index in [2.05, 4.69) is 23.7 Å². The van der Waals surface area contributed by atoms with Crippen molar-refractivity contribution in [2.24, 2.45) is 5.92 Å². The molecule has 4 heteroatoms. The maximum Gasteiger partial charge on any atom is 0.307 e. The Balaban J connectivity index is 2.39. The first-order valence-electron chi connectivity index (χ1n) is 5.52. The molecule has 90 valence electrons. The second-order valence-corrected chi connectivity index (χ2v) is 5.30. The Bertz CT molecular complexity index is 324. The van der Waals surface area contributed by atoms with Crippen LogP contribution in [0.2, 0.25) is 0 Å². The highest BCUT2D eigenvalue weighted by Gasteiger charge is 2.20. The Morgan fingerprint density at radius 1 is 1.50 bits per heavy atom. The molecule has 0 aromatic carbocycles. The van der Waals surface area contributed by atoms with Gasteiger partial charge in [0, 0.05) is 17.0 Å². The van der Waals surface area contributed by atoms with E-state index < -0.39 is 5.97 Å². The molecule has 0 saturated heterocycles. The quantitative estimate of drug-likeness (QED) is 0.804. The highest BCUT2D eigenvalue weighted by Crippen LogP contribution is 2.12. The third kappa shape index (κ3) is 3.94. The first-order valence-corrected chi connectivity index (χ1v) is 6.40. The fourth-order valence-electron chi connectivity index (χ4n) is 1.60. The molecule has 1 aromatic rings. The number of hydrogen-bond donors (Lipinski definition) is 2. The van der Waals surface area contributed by atoms with Gasteiger partial charge >= 0.3 is 5.97 Å². The third-order valence-electron chi connectivity index (χ3n) is 2.77. The molecule has 2 N–H and O–H groups in total. The van der Waals surface area contributed by atoms with E-state index in [0.29, 0.717) is 6.04 Å². The van der Waals surface area contributed by atoms with Crippen molar-refractivity contribution >= 4 is 17.3 Å². The molecule has 0 fully saturated rings. The second kappa shape index (κ2) is 6.01. The maximum absolute atomic E-state index is 10.8. The Hall–Kier alpha value is -0.870. The number of rotatable bonds is 6. The number of carbonyl (C=O) groups is 1. The molecule has 1 rings (SSSR count). The predicted octanol–water partition coefficient (Wildman–Crippen LogP) is 2.38. The Labute approximate surface area is 100 Å². The molecule has 0 bridgehead atoms. The van der Waals surface area contributed by atoms with Crippen LogP contribution >= 0.6 is 11.3 Å². The van der Waals surface area contributed by atoms with Crippen LogP contribution in [0, 0.1) is 5.92 Å². The standard InChI is InChI=1S/C12H19NO2S/c1-8(7-11-5-4-6-16-11)13-10(3)9(2)12(14)15/h4-6,8-10,13H,7H2,1-3H3,(H,14,15). The molecular weight excluding hydrogens is 222 g/mol. The lowest BCUT2D eigenvalue weighted by atomic mass is 10.0. The molecule has 0 radical (unpaired) electrons. The number of nitrogens with one attached hydrogen (secondary N) is 1. The van der Waals surface area contributed by atoms with Gasteiger partial charge in [-0.25, -0.2) is 0 Å². The summed E-state index contributed by atoms with van der Waals surface area (Å²) in [7, 11) is 0. The third-order valence-corrected chi connectivity index (χ3v) is 3.67. The van der Waals surface area contributed by atoms with Crippen LogP contribution in [0.4, 0.5) is 0 Å². The predicted molar refractivity (Wildman–Crippen MR) is 66.9 cm³/mol. The van der Waals surface area contributed by atoms with Crippen LogP contribution < -0.4 is 5.32 Å². The molecule has 3 unspecified atom stereocenters. The van der Waals surface area contributed by atoms with Crippen molar-refractivity contribution in [2.75, 3.05) is 0 Å². The zero-order chi connectivity index (χ0) is 12.1. The van der Waals surface area contributed by atoms with Gasteiger partial charge in [0.05, 0.1) is 5.92 Å². The molecule has 3 atom stereocenters. The summed E-state index contributed by atoms with van der Waals surface area (Å²) in [4.78, 5) is 12.1. The normalized spacial score (nSPS) is 16.7. The maximum atomic E-state index is 10.8. The average Bonchev–Trinajstić information content (AvgIpc) is 2.68. The van der Waals surface area contributed by atoms with Crippen LogP contribution in [0.1, 0.15) is 25.6 Å². The molecular formula is C12H19NO2S. The van der Waals surface area contributed by atoms with Gasteiger partial charge in [0.1, 0.15) is 0 Å². The Morgan fingerprint density at radius 2 is 2.19 bits per heavy atom. The summed E-state index contributed by atoms with van der Waals surface area (Å²) in [6, 6.07) is 4.44. The van der Waals surface area contributed by atoms with Crippen molar-refractivity contribution in [2.45, 2.75) is 39.3 Å². The van der Waals surface area contributed by atoms with Crippen molar-refractivity contribution in [1.29, 1.82) is 0 Å². The van der Waals surface area contributed by atoms with E-state index >= 15 is 0 Å². The van der Waals surface area contributed by atoms with Crippen molar-refractivity contribution in [3.63, 3.8) is 0 Å². The molecule has 0 aliphatic heterocycles. The lowest BCUT2D eigenvalue weighted by Crippen LogP contribution is -2.42. The van der Waals surface area contributed by atoms with Gasteiger partial charge in [0.25, 0.3) is 0 Å². The van der Waals surface area contributed by atoms with Gasteiger partial charge in [-0.2, -0.15) is 0 Å². The molecule has 3 nitrogen and oxygen atoms in total. The number of carboxylic acids is 1. The summed E-state index contributed by atoms with van der Waals surface area (Å²) >= 11 is 1.74. The first kappa shape index (κ1) is 13.2. The van der Waals surface area contributed by atoms with Gasteiger partial charge < -0.3 is 10.4 Å². The summed E-state index contributed by atoms with van der Waals surface area (Å²) < 4.78 is 0. The van der Waals surface area contributed by atoms with Crippen molar-refractivity contribution < 1.29 is 9.90 Å². The van der Waals surface area contributed by atoms with Crippen molar-refractivity contribution in [3.8, 4) is 0 Å². The second-order valence-electron chi connectivity index (χ2n) is 4.27. The van der Waals surface area contributed by atoms with Crippen LogP contribution in [0.15, 0.2) is 17.5 Å². The number of thiophene rings is 1. The molecule has 16 heavy (non-hydrogen) atoms. The van der Waals surface area contributed by atoms with Crippen LogP contribution in [0.3, 0.4) is 0 Å². The zero-order valence-electron chi connectivity index (χ0n) is 9.93. The summed E-state index contributed by atoms with van der Waals surface area (Å²) in [6.45, 7) is 5.74. The van der Waals surface area contributed by atoms with E-state index in [-0.39, 0.29) is 12.0 Å². The summed E-state index contributed by atoms with van der Waals surface area (Å²) in [5.74, 6) is -1.10. The van der Waals surface area contributed by atoms with Crippen molar-refractivity contribution in [3.05, 3.63) is 22.4 Å². The van der Waals surface area contributed by atoms with Gasteiger partial charge in [-0.15, -0.1) is 11.3 Å². The summed E-state index contributed by atoms with van der Waals surface area (Å²) in [5, 5.41) is 14.3. The Morgan fingerprint density at radius 3 is 2.69 bits per heavy atom. The summed E-state index contributed by atoms with van der Waals surface area (Å²) in [5.41, 5.74) is 0.